The van der Waals surface area contributed by atoms with E-state index in [-0.39, 0.29) is 59.8 Å². The summed E-state index contributed by atoms with van der Waals surface area (Å²) in [6, 6.07) is 3.56. The number of aliphatic hydroxyl groups is 2. The van der Waals surface area contributed by atoms with Crippen molar-refractivity contribution in [3.63, 3.8) is 0 Å². The maximum atomic E-state index is 14.1. The zero-order valence-corrected chi connectivity index (χ0v) is 29.8. The molecule has 7 aliphatic rings. The van der Waals surface area contributed by atoms with Crippen molar-refractivity contribution in [2.75, 3.05) is 40.6 Å². The summed E-state index contributed by atoms with van der Waals surface area (Å²) < 4.78 is 47.2. The van der Waals surface area contributed by atoms with E-state index in [9.17, 15) is 34.8 Å². The molecule has 0 radical (unpaired) electrons. The van der Waals surface area contributed by atoms with Crippen LogP contribution >= 0.6 is 0 Å². The van der Waals surface area contributed by atoms with Crippen molar-refractivity contribution < 1.29 is 72.7 Å². The van der Waals surface area contributed by atoms with Crippen molar-refractivity contribution in [1.29, 1.82) is 0 Å². The van der Waals surface area contributed by atoms with Gasteiger partial charge in [0.15, 0.2) is 24.6 Å². The van der Waals surface area contributed by atoms with E-state index in [4.69, 9.17) is 37.9 Å². The molecular formula is C37H42N2O15. The van der Waals surface area contributed by atoms with Crippen molar-refractivity contribution in [2.24, 2.45) is 0 Å². The van der Waals surface area contributed by atoms with Crippen LogP contribution in [-0.4, -0.2) is 150 Å². The van der Waals surface area contributed by atoms with Crippen LogP contribution in [0, 0.1) is 0 Å². The number of ketones is 2. The Morgan fingerprint density at radius 1 is 0.981 bits per heavy atom. The van der Waals surface area contributed by atoms with Gasteiger partial charge in [-0.15, -0.1) is 0 Å². The second kappa shape index (κ2) is 13.2. The summed E-state index contributed by atoms with van der Waals surface area (Å²) in [7, 11) is 2.89. The fourth-order valence-corrected chi connectivity index (χ4v) is 9.41. The lowest BCUT2D eigenvalue weighted by Gasteiger charge is -2.43. The number of fused-ring (bicyclic) bond motifs is 7. The normalized spacial score (nSPS) is 38.2. The Morgan fingerprint density at radius 2 is 1.76 bits per heavy atom. The molecule has 0 saturated carbocycles. The molecule has 5 N–H and O–H groups in total. The van der Waals surface area contributed by atoms with E-state index in [1.165, 1.54) is 25.3 Å². The van der Waals surface area contributed by atoms with Crippen LogP contribution in [0.25, 0.3) is 0 Å². The third-order valence-corrected chi connectivity index (χ3v) is 11.9. The van der Waals surface area contributed by atoms with Crippen LogP contribution in [0.4, 0.5) is 0 Å². The van der Waals surface area contributed by atoms with Crippen molar-refractivity contribution >= 4 is 17.5 Å². The number of carbonyl (C=O) groups excluding carboxylic acids is 3. The zero-order chi connectivity index (χ0) is 37.8. The SMILES string of the molecule is COc1cccc2c1C(=O)c1c(O)c3c(c(O)c1C2=O)C[C@@](O)(C(=O)N[C@H]1CO[C@H]2[C@@H]1OC[C@H]2O)C[C@@H]3O[C@H]1C[C@H]2[C@H](O[C@@H]3[C@@H](OC)OCCN32)[C@H](C)O1. The number of nitrogens with zero attached hydrogens (tertiary/aromatic N) is 1. The van der Waals surface area contributed by atoms with Crippen LogP contribution in [0.3, 0.4) is 0 Å². The number of aliphatic hydroxyl groups excluding tert-OH is 1. The summed E-state index contributed by atoms with van der Waals surface area (Å²) in [5, 5.41) is 49.2. The van der Waals surface area contributed by atoms with E-state index >= 15 is 0 Å². The summed E-state index contributed by atoms with van der Waals surface area (Å²) in [6.45, 7) is 2.86. The van der Waals surface area contributed by atoms with Gasteiger partial charge in [-0.25, -0.2) is 0 Å². The molecular weight excluding hydrogens is 712 g/mol. The first-order valence-electron chi connectivity index (χ1n) is 18.1. The fraction of sp³-hybridized carbons (Fsp3) is 0.595. The number of ether oxygens (including phenoxy) is 8. The number of carbonyl (C=O) groups is 3. The molecule has 0 unspecified atom stereocenters. The maximum absolute atomic E-state index is 14.1. The topological polar surface area (TPSA) is 221 Å². The molecule has 0 bridgehead atoms. The molecule has 0 aromatic heterocycles. The van der Waals surface area contributed by atoms with E-state index in [0.29, 0.717) is 13.2 Å². The van der Waals surface area contributed by atoms with Gasteiger partial charge in [0.1, 0.15) is 47.3 Å². The molecule has 5 heterocycles. The Kier molecular flexibility index (Phi) is 8.77. The van der Waals surface area contributed by atoms with Crippen molar-refractivity contribution in [2.45, 2.75) is 99.3 Å². The molecule has 5 fully saturated rings. The van der Waals surface area contributed by atoms with Crippen LogP contribution in [-0.2, 0) is 44.4 Å². The van der Waals surface area contributed by atoms with Gasteiger partial charge in [-0.3, -0.25) is 19.3 Å². The number of amides is 1. The smallest absolute Gasteiger partial charge is 0.252 e. The highest BCUT2D eigenvalue weighted by molar-refractivity contribution is 6.31. The lowest BCUT2D eigenvalue weighted by Crippen LogP contribution is -2.57. The molecule has 2 aliphatic carbocycles. The largest absolute Gasteiger partial charge is 0.507 e. The molecule has 0 spiro atoms. The standard InChI is InChI=1S/C37H42N2O15/c1-14-31-18(39-7-8-49-35(48-3)34(39)54-31)9-22(52-14)53-21-11-37(46,36(45)38-17-12-50-33-19(40)13-51-32(17)33)10-16-24(21)30(44)26-25(28(16)42)27(41)15-5-4-6-20(47-2)23(15)29(26)43/h4-6,14,17-19,21-22,31-35,40,42,44,46H,7-13H2,1-3H3,(H,38,45)/t14-,17-,18-,19+,21-,22-,31+,32+,33+,34+,35-,37-/m0/s1. The second-order valence-electron chi connectivity index (χ2n) is 14.9. The van der Waals surface area contributed by atoms with Gasteiger partial charge in [-0.1, -0.05) is 12.1 Å². The van der Waals surface area contributed by atoms with Crippen LogP contribution in [0.5, 0.6) is 17.2 Å². The van der Waals surface area contributed by atoms with Crippen LogP contribution in [0.2, 0.25) is 0 Å². The monoisotopic (exact) mass is 754 g/mol. The number of hydrogen-bond donors (Lipinski definition) is 5. The molecule has 17 heteroatoms. The average molecular weight is 755 g/mol. The number of phenolic OH excluding ortho intramolecular Hbond substituents is 2. The molecule has 5 saturated heterocycles. The zero-order valence-electron chi connectivity index (χ0n) is 29.8. The van der Waals surface area contributed by atoms with Gasteiger partial charge in [0, 0.05) is 55.6 Å². The summed E-state index contributed by atoms with van der Waals surface area (Å²) >= 11 is 0. The highest BCUT2D eigenvalue weighted by atomic mass is 16.7. The number of hydrogen-bond acceptors (Lipinski definition) is 16. The summed E-state index contributed by atoms with van der Waals surface area (Å²) in [4.78, 5) is 44.3. The lowest BCUT2D eigenvalue weighted by atomic mass is 9.72. The third kappa shape index (κ3) is 5.32. The highest BCUT2D eigenvalue weighted by Crippen LogP contribution is 2.53. The molecule has 290 valence electrons. The molecule has 2 aromatic carbocycles. The first-order valence-corrected chi connectivity index (χ1v) is 18.1. The maximum Gasteiger partial charge on any atom is 0.252 e. The molecule has 1 amide bonds. The fourth-order valence-electron chi connectivity index (χ4n) is 9.41. The lowest BCUT2D eigenvalue weighted by molar-refractivity contribution is -0.256. The molecule has 17 nitrogen and oxygen atoms in total. The Bertz CT molecular complexity index is 1910. The van der Waals surface area contributed by atoms with E-state index in [2.05, 4.69) is 10.2 Å². The van der Waals surface area contributed by atoms with E-state index in [1.807, 2.05) is 6.92 Å². The van der Waals surface area contributed by atoms with Gasteiger partial charge >= 0.3 is 0 Å². The van der Waals surface area contributed by atoms with Crippen LogP contribution < -0.4 is 10.1 Å². The minimum absolute atomic E-state index is 0.0225. The number of aromatic hydroxyl groups is 2. The number of nitrogens with one attached hydrogen (secondary N) is 1. The predicted molar refractivity (Wildman–Crippen MR) is 179 cm³/mol. The minimum atomic E-state index is -2.27. The first kappa shape index (κ1) is 35.9. The number of benzene rings is 2. The predicted octanol–water partition coefficient (Wildman–Crippen LogP) is -0.207. The third-order valence-electron chi connectivity index (χ3n) is 11.9. The van der Waals surface area contributed by atoms with E-state index in [1.54, 1.807) is 7.11 Å². The van der Waals surface area contributed by atoms with Gasteiger partial charge in [-0.2, -0.15) is 0 Å². The van der Waals surface area contributed by atoms with Gasteiger partial charge in [-0.05, 0) is 13.0 Å². The Hall–Kier alpha value is -3.75. The minimum Gasteiger partial charge on any atom is -0.507 e. The van der Waals surface area contributed by atoms with E-state index < -0.39 is 114 Å². The summed E-state index contributed by atoms with van der Waals surface area (Å²) in [6.07, 6.45) is -7.11. The Balaban J connectivity index is 1.09. The van der Waals surface area contributed by atoms with Crippen molar-refractivity contribution in [3.8, 4) is 17.2 Å². The number of phenols is 2. The Labute approximate surface area is 308 Å². The van der Waals surface area contributed by atoms with Crippen LogP contribution in [0.1, 0.15) is 68.8 Å². The average Bonchev–Trinajstić information content (AvgIpc) is 3.86. The summed E-state index contributed by atoms with van der Waals surface area (Å²) in [5.74, 6) is -3.53. The van der Waals surface area contributed by atoms with E-state index in [0.717, 1.165) is 0 Å². The Morgan fingerprint density at radius 3 is 2.54 bits per heavy atom. The molecule has 12 atom stereocenters. The van der Waals surface area contributed by atoms with Gasteiger partial charge in [0.2, 0.25) is 5.78 Å². The van der Waals surface area contributed by atoms with Crippen LogP contribution in [0.15, 0.2) is 18.2 Å². The molecule has 5 aliphatic heterocycles. The number of methoxy groups -OCH3 is 2. The van der Waals surface area contributed by atoms with Gasteiger partial charge in [0.05, 0.1) is 61.9 Å². The van der Waals surface area contributed by atoms with Crippen molar-refractivity contribution in [1.82, 2.24) is 10.2 Å². The highest BCUT2D eigenvalue weighted by Gasteiger charge is 2.56. The molecule has 9 rings (SSSR count). The molecule has 2 aromatic rings. The number of rotatable bonds is 6. The van der Waals surface area contributed by atoms with Crippen molar-refractivity contribution in [3.05, 3.63) is 51.6 Å². The first-order chi connectivity index (χ1) is 25.9. The quantitative estimate of drug-likeness (QED) is 0.206. The second-order valence-corrected chi connectivity index (χ2v) is 14.9. The van der Waals surface area contributed by atoms with Gasteiger partial charge in [0.25, 0.3) is 5.91 Å². The molecule has 54 heavy (non-hydrogen) atoms. The van der Waals surface area contributed by atoms with Gasteiger partial charge < -0.3 is 63.6 Å². The summed E-state index contributed by atoms with van der Waals surface area (Å²) in [5.41, 5.74) is -3.47. The number of morpholine rings is 1.